The highest BCUT2D eigenvalue weighted by molar-refractivity contribution is 6.05. The van der Waals surface area contributed by atoms with Crippen molar-refractivity contribution in [1.29, 1.82) is 5.41 Å². The van der Waals surface area contributed by atoms with Gasteiger partial charge in [-0.1, -0.05) is 6.07 Å². The minimum atomic E-state index is 0.246. The summed E-state index contributed by atoms with van der Waals surface area (Å²) in [4.78, 5) is 7.92. The van der Waals surface area contributed by atoms with Crippen molar-refractivity contribution in [1.82, 2.24) is 4.98 Å². The second kappa shape index (κ2) is 2.73. The minimum Gasteiger partial charge on any atom is -0.468 e. The zero-order valence-electron chi connectivity index (χ0n) is 6.32. The van der Waals surface area contributed by atoms with Gasteiger partial charge in [0, 0.05) is 6.20 Å². The molecule has 0 saturated heterocycles. The number of hydrogen-bond acceptors (Lipinski definition) is 3. The van der Waals surface area contributed by atoms with Crippen LogP contribution in [0.1, 0.15) is 5.69 Å². The minimum absolute atomic E-state index is 0.246. The molecule has 1 aromatic rings. The van der Waals surface area contributed by atoms with Crippen LogP contribution in [0.2, 0.25) is 0 Å². The van der Waals surface area contributed by atoms with E-state index in [9.17, 15) is 0 Å². The summed E-state index contributed by atoms with van der Waals surface area (Å²) >= 11 is 0. The highest BCUT2D eigenvalue weighted by Gasteiger charge is 2.14. The molecule has 12 heavy (non-hydrogen) atoms. The van der Waals surface area contributed by atoms with E-state index < -0.39 is 0 Å². The summed E-state index contributed by atoms with van der Waals surface area (Å²) in [6.45, 7) is 0.256. The Morgan fingerprint density at radius 2 is 2.33 bits per heavy atom. The van der Waals surface area contributed by atoms with E-state index in [0.29, 0.717) is 11.6 Å². The smallest absolute Gasteiger partial charge is 0.242 e. The van der Waals surface area contributed by atoms with Gasteiger partial charge in [-0.05, 0) is 12.1 Å². The summed E-state index contributed by atoms with van der Waals surface area (Å²) in [6, 6.07) is 5.48. The molecule has 0 fully saturated rings. The topological polar surface area (TPSA) is 58.3 Å². The number of hydrogen-bond donors (Lipinski definition) is 1. The van der Waals surface area contributed by atoms with Crippen molar-refractivity contribution in [3.05, 3.63) is 30.1 Å². The molecule has 4 nitrogen and oxygen atoms in total. The number of nitrogens with zero attached hydrogens (tertiary/aromatic N) is 2. The Hall–Kier alpha value is -1.71. The number of nitrogens with one attached hydrogen (secondary N) is 1. The van der Waals surface area contributed by atoms with Gasteiger partial charge in [-0.2, -0.15) is 4.99 Å². The first-order valence-corrected chi connectivity index (χ1v) is 3.56. The Labute approximate surface area is 69.4 Å². The Morgan fingerprint density at radius 1 is 1.42 bits per heavy atom. The fourth-order valence-electron chi connectivity index (χ4n) is 0.944. The summed E-state index contributed by atoms with van der Waals surface area (Å²) < 4.78 is 5.11. The molecule has 0 amide bonds. The molecule has 1 N–H and O–H groups in total. The molecule has 0 bridgehead atoms. The third-order valence-corrected chi connectivity index (χ3v) is 1.47. The van der Waals surface area contributed by atoms with Crippen LogP contribution in [0, 0.1) is 5.41 Å². The quantitative estimate of drug-likeness (QED) is 0.663. The predicted molar refractivity (Wildman–Crippen MR) is 44.5 cm³/mol. The van der Waals surface area contributed by atoms with Crippen molar-refractivity contribution in [2.45, 2.75) is 0 Å². The van der Waals surface area contributed by atoms with Gasteiger partial charge < -0.3 is 4.74 Å². The lowest BCUT2D eigenvalue weighted by atomic mass is 10.3. The lowest BCUT2D eigenvalue weighted by molar-refractivity contribution is 0.379. The fraction of sp³-hybridized carbons (Fsp3) is 0.125. The van der Waals surface area contributed by atoms with E-state index in [-0.39, 0.29) is 12.4 Å². The van der Waals surface area contributed by atoms with Crippen LogP contribution in [-0.2, 0) is 4.74 Å². The van der Waals surface area contributed by atoms with Gasteiger partial charge in [0.05, 0.1) is 0 Å². The molecule has 2 heterocycles. The number of amidine groups is 1. The molecule has 0 aliphatic carbocycles. The van der Waals surface area contributed by atoms with E-state index in [4.69, 9.17) is 10.1 Å². The normalized spacial score (nSPS) is 15.7. The third kappa shape index (κ3) is 1.18. The number of ether oxygens (including phenoxy) is 1. The zero-order valence-corrected chi connectivity index (χ0v) is 6.32. The largest absolute Gasteiger partial charge is 0.468 e. The van der Waals surface area contributed by atoms with Crippen LogP contribution in [0.3, 0.4) is 0 Å². The standard InChI is InChI=1S/C8H7N3O/c9-7-5-12-8(11-7)6-3-1-2-4-10-6/h1-4,9H,5H2. The van der Waals surface area contributed by atoms with E-state index in [2.05, 4.69) is 9.98 Å². The average Bonchev–Trinajstić information content (AvgIpc) is 2.54. The van der Waals surface area contributed by atoms with Crippen molar-refractivity contribution in [3.8, 4) is 0 Å². The Balaban J connectivity index is 2.33. The summed E-state index contributed by atoms with van der Waals surface area (Å²) in [5.74, 6) is 0.691. The van der Waals surface area contributed by atoms with Crippen LogP contribution in [0.4, 0.5) is 0 Å². The molecule has 0 aromatic carbocycles. The first-order chi connectivity index (χ1) is 5.86. The number of aliphatic imine (C=N–C) groups is 1. The highest BCUT2D eigenvalue weighted by Crippen LogP contribution is 2.04. The lowest BCUT2D eigenvalue weighted by Gasteiger charge is -1.97. The molecule has 0 spiro atoms. The molecule has 0 atom stereocenters. The number of rotatable bonds is 1. The van der Waals surface area contributed by atoms with Crippen LogP contribution < -0.4 is 0 Å². The molecule has 1 aliphatic heterocycles. The predicted octanol–water partition coefficient (Wildman–Crippen LogP) is 0.836. The third-order valence-electron chi connectivity index (χ3n) is 1.47. The van der Waals surface area contributed by atoms with Crippen molar-refractivity contribution < 1.29 is 4.74 Å². The molecule has 0 radical (unpaired) electrons. The average molecular weight is 161 g/mol. The second-order valence-electron chi connectivity index (χ2n) is 2.37. The molecule has 1 aromatic heterocycles. The Morgan fingerprint density at radius 3 is 2.92 bits per heavy atom. The van der Waals surface area contributed by atoms with Gasteiger partial charge >= 0.3 is 0 Å². The summed E-state index contributed by atoms with van der Waals surface area (Å²) in [5.41, 5.74) is 0.680. The molecule has 60 valence electrons. The maximum atomic E-state index is 7.19. The summed E-state index contributed by atoms with van der Waals surface area (Å²) in [5, 5.41) is 7.19. The van der Waals surface area contributed by atoms with Crippen molar-refractivity contribution in [3.63, 3.8) is 0 Å². The molecule has 4 heteroatoms. The summed E-state index contributed by atoms with van der Waals surface area (Å²) in [7, 11) is 0. The molecule has 0 saturated carbocycles. The Bertz CT molecular complexity index is 331. The molecule has 1 aliphatic rings. The van der Waals surface area contributed by atoms with Crippen LogP contribution in [-0.4, -0.2) is 23.3 Å². The fourth-order valence-corrected chi connectivity index (χ4v) is 0.944. The van der Waals surface area contributed by atoms with Crippen molar-refractivity contribution in [2.24, 2.45) is 4.99 Å². The lowest BCUT2D eigenvalue weighted by Crippen LogP contribution is -2.02. The van der Waals surface area contributed by atoms with Crippen LogP contribution >= 0.6 is 0 Å². The van der Waals surface area contributed by atoms with Gasteiger partial charge in [0.25, 0.3) is 0 Å². The highest BCUT2D eigenvalue weighted by atomic mass is 16.5. The maximum absolute atomic E-state index is 7.19. The van der Waals surface area contributed by atoms with E-state index in [1.807, 2.05) is 12.1 Å². The molecule has 0 unspecified atom stereocenters. The zero-order chi connectivity index (χ0) is 8.39. The van der Waals surface area contributed by atoms with Gasteiger partial charge in [0.2, 0.25) is 5.90 Å². The second-order valence-corrected chi connectivity index (χ2v) is 2.37. The van der Waals surface area contributed by atoms with Gasteiger partial charge in [-0.25, -0.2) is 0 Å². The van der Waals surface area contributed by atoms with Gasteiger partial charge in [0.1, 0.15) is 12.3 Å². The number of aromatic nitrogens is 1. The molecule has 2 rings (SSSR count). The van der Waals surface area contributed by atoms with Crippen LogP contribution in [0.5, 0.6) is 0 Å². The van der Waals surface area contributed by atoms with Crippen LogP contribution in [0.15, 0.2) is 29.4 Å². The number of pyridine rings is 1. The van der Waals surface area contributed by atoms with Crippen LogP contribution in [0.25, 0.3) is 0 Å². The van der Waals surface area contributed by atoms with Gasteiger partial charge in [-0.3, -0.25) is 10.4 Å². The molecular formula is C8H7N3O. The first-order valence-electron chi connectivity index (χ1n) is 3.56. The van der Waals surface area contributed by atoms with Gasteiger partial charge in [-0.15, -0.1) is 0 Å². The van der Waals surface area contributed by atoms with Crippen molar-refractivity contribution in [2.75, 3.05) is 6.61 Å². The van der Waals surface area contributed by atoms with E-state index >= 15 is 0 Å². The first kappa shape index (κ1) is 6.97. The SMILES string of the molecule is N=C1COC(c2ccccn2)=N1. The van der Waals surface area contributed by atoms with Crippen molar-refractivity contribution >= 4 is 11.7 Å². The van der Waals surface area contributed by atoms with Gasteiger partial charge in [0.15, 0.2) is 5.84 Å². The maximum Gasteiger partial charge on any atom is 0.242 e. The molecular weight excluding hydrogens is 154 g/mol. The monoisotopic (exact) mass is 161 g/mol. The van der Waals surface area contributed by atoms with E-state index in [1.165, 1.54) is 0 Å². The van der Waals surface area contributed by atoms with E-state index in [0.717, 1.165) is 0 Å². The summed E-state index contributed by atoms with van der Waals surface area (Å²) in [6.07, 6.45) is 1.67. The van der Waals surface area contributed by atoms with E-state index in [1.54, 1.807) is 12.3 Å². The Kier molecular flexibility index (Phi) is 1.59.